The Hall–Kier alpha value is -1.23. The number of pyridine rings is 1. The Labute approximate surface area is 113 Å². The normalized spacial score (nSPS) is 17.5. The van der Waals surface area contributed by atoms with E-state index in [0.717, 1.165) is 18.8 Å². The largest absolute Gasteiger partial charge is 0.368 e. The van der Waals surface area contributed by atoms with Gasteiger partial charge in [0.15, 0.2) is 0 Å². The van der Waals surface area contributed by atoms with E-state index in [1.165, 1.54) is 5.56 Å². The van der Waals surface area contributed by atoms with Crippen LogP contribution in [0.15, 0.2) is 18.5 Å². The molecule has 2 rings (SSSR count). The van der Waals surface area contributed by atoms with Gasteiger partial charge in [0, 0.05) is 32.4 Å². The van der Waals surface area contributed by atoms with Gasteiger partial charge in [-0.2, -0.15) is 0 Å². The van der Waals surface area contributed by atoms with Crippen LogP contribution in [0.5, 0.6) is 0 Å². The third-order valence-corrected chi connectivity index (χ3v) is 3.55. The summed E-state index contributed by atoms with van der Waals surface area (Å²) in [5.74, 6) is 0.451. The Balaban J connectivity index is 1.96. The van der Waals surface area contributed by atoms with E-state index in [4.69, 9.17) is 0 Å². The number of hydrogen-bond acceptors (Lipinski definition) is 3. The topological polar surface area (TPSA) is 19.4 Å². The molecule has 1 aromatic heterocycles. The standard InChI is InChI=1S/C14H21F2N3/c1-11(2)12-7-13(9-17-8-12)19-5-3-18(4-6-19)10-14(15)16/h7-9,11,14H,3-6,10H2,1-2H3. The lowest BCUT2D eigenvalue weighted by Gasteiger charge is -2.35. The van der Waals surface area contributed by atoms with E-state index in [9.17, 15) is 8.78 Å². The maximum Gasteiger partial charge on any atom is 0.251 e. The van der Waals surface area contributed by atoms with E-state index in [2.05, 4.69) is 29.8 Å². The van der Waals surface area contributed by atoms with Gasteiger partial charge in [0.05, 0.1) is 18.4 Å². The van der Waals surface area contributed by atoms with Crippen LogP contribution in [-0.2, 0) is 0 Å². The van der Waals surface area contributed by atoms with Crippen LogP contribution in [0, 0.1) is 0 Å². The number of rotatable bonds is 4. The van der Waals surface area contributed by atoms with Crippen LogP contribution in [0.2, 0.25) is 0 Å². The minimum atomic E-state index is -2.24. The van der Waals surface area contributed by atoms with Gasteiger partial charge in [0.25, 0.3) is 6.43 Å². The Kier molecular flexibility index (Phi) is 4.69. The summed E-state index contributed by atoms with van der Waals surface area (Å²) >= 11 is 0. The van der Waals surface area contributed by atoms with Gasteiger partial charge in [-0.15, -0.1) is 0 Å². The van der Waals surface area contributed by atoms with Crippen molar-refractivity contribution in [3.05, 3.63) is 24.0 Å². The average Bonchev–Trinajstić information content (AvgIpc) is 2.39. The minimum absolute atomic E-state index is 0.113. The molecular formula is C14H21F2N3. The molecule has 19 heavy (non-hydrogen) atoms. The molecule has 5 heteroatoms. The molecule has 1 fully saturated rings. The van der Waals surface area contributed by atoms with E-state index in [0.29, 0.717) is 19.0 Å². The fraction of sp³-hybridized carbons (Fsp3) is 0.643. The van der Waals surface area contributed by atoms with E-state index in [1.807, 2.05) is 17.3 Å². The molecule has 0 atom stereocenters. The molecule has 106 valence electrons. The van der Waals surface area contributed by atoms with Crippen molar-refractivity contribution in [2.75, 3.05) is 37.6 Å². The van der Waals surface area contributed by atoms with Crippen molar-refractivity contribution in [3.8, 4) is 0 Å². The third-order valence-electron chi connectivity index (χ3n) is 3.55. The first kappa shape index (κ1) is 14.2. The SMILES string of the molecule is CC(C)c1cncc(N2CCN(CC(F)F)CC2)c1. The lowest BCUT2D eigenvalue weighted by atomic mass is 10.1. The number of alkyl halides is 2. The van der Waals surface area contributed by atoms with Crippen LogP contribution >= 0.6 is 0 Å². The molecule has 0 aromatic carbocycles. The molecule has 0 saturated carbocycles. The maximum absolute atomic E-state index is 12.3. The van der Waals surface area contributed by atoms with Crippen molar-refractivity contribution in [2.24, 2.45) is 0 Å². The molecule has 0 amide bonds. The molecule has 1 saturated heterocycles. The Morgan fingerprint density at radius 1 is 1.16 bits per heavy atom. The Morgan fingerprint density at radius 3 is 2.42 bits per heavy atom. The first-order chi connectivity index (χ1) is 9.06. The molecule has 3 nitrogen and oxygen atoms in total. The van der Waals surface area contributed by atoms with Gasteiger partial charge in [0.2, 0.25) is 0 Å². The second-order valence-electron chi connectivity index (χ2n) is 5.31. The first-order valence-corrected chi connectivity index (χ1v) is 6.76. The number of hydrogen-bond donors (Lipinski definition) is 0. The van der Waals surface area contributed by atoms with Crippen molar-refractivity contribution >= 4 is 5.69 Å². The summed E-state index contributed by atoms with van der Waals surface area (Å²) in [6.07, 6.45) is 1.51. The fourth-order valence-corrected chi connectivity index (χ4v) is 2.32. The van der Waals surface area contributed by atoms with Crippen molar-refractivity contribution in [2.45, 2.75) is 26.2 Å². The maximum atomic E-state index is 12.3. The van der Waals surface area contributed by atoms with Crippen LogP contribution in [-0.4, -0.2) is 49.0 Å². The summed E-state index contributed by atoms with van der Waals surface area (Å²) in [6, 6.07) is 2.15. The van der Waals surface area contributed by atoms with Gasteiger partial charge < -0.3 is 4.90 Å². The summed E-state index contributed by atoms with van der Waals surface area (Å²) in [5, 5.41) is 0. The summed E-state index contributed by atoms with van der Waals surface area (Å²) in [4.78, 5) is 8.32. The molecule has 0 unspecified atom stereocenters. The molecule has 0 radical (unpaired) electrons. The van der Waals surface area contributed by atoms with Gasteiger partial charge in [-0.25, -0.2) is 8.78 Å². The summed E-state index contributed by atoms with van der Waals surface area (Å²) in [7, 11) is 0. The first-order valence-electron chi connectivity index (χ1n) is 6.76. The summed E-state index contributed by atoms with van der Waals surface area (Å²) in [6.45, 7) is 7.12. The zero-order valence-corrected chi connectivity index (χ0v) is 11.5. The van der Waals surface area contributed by atoms with Gasteiger partial charge in [-0.05, 0) is 17.5 Å². The lowest BCUT2D eigenvalue weighted by molar-refractivity contribution is 0.0854. The van der Waals surface area contributed by atoms with Crippen LogP contribution in [0.3, 0.4) is 0 Å². The predicted octanol–water partition coefficient (Wildman–Crippen LogP) is 2.59. The Bertz CT molecular complexity index is 401. The number of anilines is 1. The number of aromatic nitrogens is 1. The molecule has 1 aliphatic rings. The monoisotopic (exact) mass is 269 g/mol. The highest BCUT2D eigenvalue weighted by Gasteiger charge is 2.20. The smallest absolute Gasteiger partial charge is 0.251 e. The molecule has 2 heterocycles. The molecule has 0 bridgehead atoms. The van der Waals surface area contributed by atoms with Crippen molar-refractivity contribution in [1.82, 2.24) is 9.88 Å². The molecule has 0 spiro atoms. The molecule has 0 N–H and O–H groups in total. The van der Waals surface area contributed by atoms with Gasteiger partial charge in [-0.3, -0.25) is 9.88 Å². The van der Waals surface area contributed by atoms with Gasteiger partial charge >= 0.3 is 0 Å². The van der Waals surface area contributed by atoms with Crippen LogP contribution in [0.4, 0.5) is 14.5 Å². The second-order valence-corrected chi connectivity index (χ2v) is 5.31. The van der Waals surface area contributed by atoms with Crippen molar-refractivity contribution in [3.63, 3.8) is 0 Å². The number of piperazine rings is 1. The van der Waals surface area contributed by atoms with Crippen LogP contribution in [0.25, 0.3) is 0 Å². The molecule has 0 aliphatic carbocycles. The van der Waals surface area contributed by atoms with Crippen LogP contribution < -0.4 is 4.90 Å². The lowest BCUT2D eigenvalue weighted by Crippen LogP contribution is -2.47. The van der Waals surface area contributed by atoms with Crippen molar-refractivity contribution < 1.29 is 8.78 Å². The minimum Gasteiger partial charge on any atom is -0.368 e. The number of halogens is 2. The van der Waals surface area contributed by atoms with Gasteiger partial charge in [0.1, 0.15) is 0 Å². The average molecular weight is 269 g/mol. The Morgan fingerprint density at radius 2 is 1.84 bits per heavy atom. The highest BCUT2D eigenvalue weighted by molar-refractivity contribution is 5.47. The highest BCUT2D eigenvalue weighted by Crippen LogP contribution is 2.21. The predicted molar refractivity (Wildman–Crippen MR) is 73.0 cm³/mol. The van der Waals surface area contributed by atoms with E-state index < -0.39 is 6.43 Å². The zero-order valence-electron chi connectivity index (χ0n) is 11.5. The van der Waals surface area contributed by atoms with E-state index in [-0.39, 0.29) is 6.54 Å². The van der Waals surface area contributed by atoms with E-state index >= 15 is 0 Å². The quantitative estimate of drug-likeness (QED) is 0.837. The summed E-state index contributed by atoms with van der Waals surface area (Å²) < 4.78 is 24.6. The summed E-state index contributed by atoms with van der Waals surface area (Å²) in [5.41, 5.74) is 2.32. The van der Waals surface area contributed by atoms with Crippen LogP contribution in [0.1, 0.15) is 25.3 Å². The van der Waals surface area contributed by atoms with Crippen molar-refractivity contribution in [1.29, 1.82) is 0 Å². The fourth-order valence-electron chi connectivity index (χ4n) is 2.32. The van der Waals surface area contributed by atoms with E-state index in [1.54, 1.807) is 0 Å². The zero-order chi connectivity index (χ0) is 13.8. The number of nitrogens with zero attached hydrogens (tertiary/aromatic N) is 3. The second kappa shape index (κ2) is 6.28. The highest BCUT2D eigenvalue weighted by atomic mass is 19.3. The molecular weight excluding hydrogens is 248 g/mol. The third kappa shape index (κ3) is 3.86. The molecule has 1 aliphatic heterocycles. The molecule has 1 aromatic rings. The van der Waals surface area contributed by atoms with Gasteiger partial charge in [-0.1, -0.05) is 13.8 Å².